The van der Waals surface area contributed by atoms with Gasteiger partial charge >= 0.3 is 35.8 Å². The van der Waals surface area contributed by atoms with Crippen LogP contribution in [0.5, 0.6) is 0 Å². The Morgan fingerprint density at radius 2 is 1.45 bits per heavy atom. The molecule has 0 radical (unpaired) electrons. The first kappa shape index (κ1) is 36.7. The molecule has 13 atom stereocenters. The molecule has 9 unspecified atom stereocenters. The van der Waals surface area contributed by atoms with Crippen LogP contribution in [-0.2, 0) is 66.7 Å². The third-order valence-corrected chi connectivity index (χ3v) is 11.5. The molecule has 5 aliphatic rings. The van der Waals surface area contributed by atoms with Crippen LogP contribution in [0.3, 0.4) is 0 Å². The van der Waals surface area contributed by atoms with E-state index in [1.807, 2.05) is 0 Å². The van der Waals surface area contributed by atoms with Gasteiger partial charge in [0.25, 0.3) is 0 Å². The van der Waals surface area contributed by atoms with Gasteiger partial charge in [0.2, 0.25) is 0 Å². The molecule has 1 saturated heterocycles. The molecule has 4 aliphatic carbocycles. The average molecular weight is 693 g/mol. The quantitative estimate of drug-likeness (QED) is 0.267. The molecule has 5 fully saturated rings. The second-order valence-corrected chi connectivity index (χ2v) is 15.3. The van der Waals surface area contributed by atoms with Crippen molar-refractivity contribution < 1.29 is 66.7 Å². The first-order chi connectivity index (χ1) is 22.7. The molecule has 0 N–H and O–H groups in total. The number of fused-ring (bicyclic) bond motifs is 2. The van der Waals surface area contributed by atoms with Crippen LogP contribution >= 0.6 is 0 Å². The smallest absolute Gasteiger partial charge is 0.309 e. The Bertz CT molecular complexity index is 1450. The van der Waals surface area contributed by atoms with Gasteiger partial charge < -0.3 is 33.2 Å². The highest BCUT2D eigenvalue weighted by Gasteiger charge is 2.86. The molecule has 0 aromatic heterocycles. The summed E-state index contributed by atoms with van der Waals surface area (Å²) in [6.07, 6.45) is -5.24. The van der Waals surface area contributed by atoms with Gasteiger partial charge in [-0.1, -0.05) is 27.7 Å². The number of hydrogen-bond donors (Lipinski definition) is 0. The highest BCUT2D eigenvalue weighted by atomic mass is 16.6. The average Bonchev–Trinajstić information content (AvgIpc) is 3.40. The minimum atomic E-state index is -1.84. The van der Waals surface area contributed by atoms with E-state index >= 15 is 4.79 Å². The van der Waals surface area contributed by atoms with Gasteiger partial charge in [-0.05, 0) is 32.6 Å². The summed E-state index contributed by atoms with van der Waals surface area (Å²) in [6, 6.07) is 0. The van der Waals surface area contributed by atoms with Gasteiger partial charge in [0.1, 0.15) is 23.4 Å². The summed E-state index contributed by atoms with van der Waals surface area (Å²) in [7, 11) is 0. The number of esters is 6. The van der Waals surface area contributed by atoms with Gasteiger partial charge in [0.15, 0.2) is 23.6 Å². The van der Waals surface area contributed by atoms with Crippen molar-refractivity contribution in [1.82, 2.24) is 0 Å². The predicted molar refractivity (Wildman–Crippen MR) is 165 cm³/mol. The number of Topliss-reactive ketones (excluding diaryl/α,β-unsaturated/α-hetero) is 1. The molecule has 49 heavy (non-hydrogen) atoms. The SMILES string of the molecule is CCC(=O)OC1C(C)CC2(OC(C)=O)C1[C@@H](OC(C)=O)[C@@]13CO[C@@](C)(C2OC(C)=O)C1C1C(C[C@]1(C)OC(C)=O)C(OC(=O)C(C)C)C3=O. The predicted octanol–water partition coefficient (Wildman–Crippen LogP) is 2.64. The summed E-state index contributed by atoms with van der Waals surface area (Å²) in [5.74, 6) is -9.53. The number of ketones is 1. The van der Waals surface area contributed by atoms with E-state index < -0.39 is 124 Å². The van der Waals surface area contributed by atoms with Crippen LogP contribution in [0, 0.1) is 40.9 Å². The molecule has 5 rings (SSSR count). The van der Waals surface area contributed by atoms with Gasteiger partial charge in [-0.2, -0.15) is 0 Å². The molecule has 272 valence electrons. The summed E-state index contributed by atoms with van der Waals surface area (Å²) >= 11 is 0. The second kappa shape index (κ2) is 12.3. The van der Waals surface area contributed by atoms with Crippen molar-refractivity contribution in [2.24, 2.45) is 40.9 Å². The van der Waals surface area contributed by atoms with E-state index in [1.54, 1.807) is 41.5 Å². The van der Waals surface area contributed by atoms with Crippen LogP contribution < -0.4 is 0 Å². The Balaban J connectivity index is 1.88. The maximum absolute atomic E-state index is 15.3. The highest BCUT2D eigenvalue weighted by molar-refractivity contribution is 5.95. The van der Waals surface area contributed by atoms with E-state index in [1.165, 1.54) is 20.8 Å². The van der Waals surface area contributed by atoms with Crippen molar-refractivity contribution in [2.45, 2.75) is 130 Å². The fourth-order valence-corrected chi connectivity index (χ4v) is 10.2. The zero-order valence-electron chi connectivity index (χ0n) is 29.8. The molecule has 1 heterocycles. The molecule has 0 aromatic carbocycles. The number of carbonyl (C=O) groups is 7. The first-order valence-corrected chi connectivity index (χ1v) is 17.0. The number of carbonyl (C=O) groups excluding carboxylic acids is 7. The standard InChI is InChI=1S/C35H48O14/c1-11-22(40)46-25-16(4)12-35(49-20(8)39)24(25)29(44-17(5)36)34-14-43-33(10,31(35)45-18(6)37)27(34)23-21(13-32(23,9)48-19(7)38)26(28(34)41)47-30(42)15(2)3/h15-16,21,23-27,29,31H,11-14H2,1-10H3/t16?,21?,23?,24?,25?,26?,27?,29-,31?,32+,33-,34+,35?/m1/s1. The molecule has 14 nitrogen and oxygen atoms in total. The summed E-state index contributed by atoms with van der Waals surface area (Å²) in [5.41, 5.74) is -6.53. The van der Waals surface area contributed by atoms with Crippen molar-refractivity contribution in [3.63, 3.8) is 0 Å². The van der Waals surface area contributed by atoms with Gasteiger partial charge in [-0.15, -0.1) is 0 Å². The monoisotopic (exact) mass is 692 g/mol. The molecule has 4 saturated carbocycles. The Kier molecular flexibility index (Phi) is 9.25. The van der Waals surface area contributed by atoms with E-state index in [-0.39, 0.29) is 25.9 Å². The normalized spacial score (nSPS) is 43.1. The largest absolute Gasteiger partial charge is 0.461 e. The van der Waals surface area contributed by atoms with Crippen molar-refractivity contribution in [1.29, 1.82) is 0 Å². The van der Waals surface area contributed by atoms with Crippen LogP contribution in [0.1, 0.15) is 88.5 Å². The first-order valence-electron chi connectivity index (χ1n) is 17.0. The topological polar surface area (TPSA) is 184 Å². The van der Waals surface area contributed by atoms with E-state index in [4.69, 9.17) is 33.2 Å². The number of rotatable bonds is 8. The Morgan fingerprint density at radius 3 is 1.98 bits per heavy atom. The molecule has 0 amide bonds. The van der Waals surface area contributed by atoms with Crippen molar-refractivity contribution in [3.8, 4) is 0 Å². The van der Waals surface area contributed by atoms with Crippen molar-refractivity contribution in [3.05, 3.63) is 0 Å². The molecular formula is C35H48O14. The van der Waals surface area contributed by atoms with Crippen LogP contribution in [0.15, 0.2) is 0 Å². The van der Waals surface area contributed by atoms with Gasteiger partial charge in [-0.25, -0.2) is 0 Å². The Morgan fingerprint density at radius 1 is 0.837 bits per heavy atom. The molecule has 2 bridgehead atoms. The summed E-state index contributed by atoms with van der Waals surface area (Å²) < 4.78 is 43.1. The fourth-order valence-electron chi connectivity index (χ4n) is 10.2. The van der Waals surface area contributed by atoms with Gasteiger partial charge in [0.05, 0.1) is 23.9 Å². The zero-order valence-corrected chi connectivity index (χ0v) is 29.8. The van der Waals surface area contributed by atoms with Crippen molar-refractivity contribution in [2.75, 3.05) is 6.61 Å². The van der Waals surface area contributed by atoms with Gasteiger partial charge in [0, 0.05) is 51.9 Å². The minimum Gasteiger partial charge on any atom is -0.461 e. The summed E-state index contributed by atoms with van der Waals surface area (Å²) in [6.45, 7) is 14.4. The molecule has 0 spiro atoms. The van der Waals surface area contributed by atoms with Crippen molar-refractivity contribution >= 4 is 41.6 Å². The highest BCUT2D eigenvalue weighted by Crippen LogP contribution is 2.73. The zero-order chi connectivity index (χ0) is 36.6. The maximum atomic E-state index is 15.3. The lowest BCUT2D eigenvalue weighted by Crippen LogP contribution is -2.75. The summed E-state index contributed by atoms with van der Waals surface area (Å²) in [5, 5.41) is 0. The third kappa shape index (κ3) is 5.43. The Hall–Kier alpha value is -3.55. The van der Waals surface area contributed by atoms with Crippen LogP contribution in [-0.4, -0.2) is 89.4 Å². The minimum absolute atomic E-state index is 0.00659. The number of ether oxygens (including phenoxy) is 7. The fraction of sp³-hybridized carbons (Fsp3) is 0.800. The third-order valence-electron chi connectivity index (χ3n) is 11.5. The van der Waals surface area contributed by atoms with Crippen LogP contribution in [0.25, 0.3) is 0 Å². The van der Waals surface area contributed by atoms with Crippen LogP contribution in [0.2, 0.25) is 0 Å². The summed E-state index contributed by atoms with van der Waals surface area (Å²) in [4.78, 5) is 93.2. The molecule has 14 heteroatoms. The lowest BCUT2D eigenvalue weighted by atomic mass is 9.42. The second-order valence-electron chi connectivity index (χ2n) is 15.3. The maximum Gasteiger partial charge on any atom is 0.309 e. The number of hydrogen-bond acceptors (Lipinski definition) is 14. The van der Waals surface area contributed by atoms with E-state index in [0.717, 1.165) is 6.92 Å². The lowest BCUT2D eigenvalue weighted by molar-refractivity contribution is -0.261. The van der Waals surface area contributed by atoms with E-state index in [2.05, 4.69) is 0 Å². The lowest BCUT2D eigenvalue weighted by Gasteiger charge is -2.64. The molecule has 0 aromatic rings. The molecule has 1 aliphatic heterocycles. The van der Waals surface area contributed by atoms with E-state index in [0.29, 0.717) is 0 Å². The Labute approximate surface area is 285 Å². The van der Waals surface area contributed by atoms with E-state index in [9.17, 15) is 28.8 Å². The van der Waals surface area contributed by atoms with Crippen LogP contribution in [0.4, 0.5) is 0 Å². The van der Waals surface area contributed by atoms with Gasteiger partial charge in [-0.3, -0.25) is 33.6 Å². The molecular weight excluding hydrogens is 644 g/mol.